The minimum absolute atomic E-state index is 0.345. The van der Waals surface area contributed by atoms with Gasteiger partial charge in [-0.1, -0.05) is 39.5 Å². The Hall–Kier alpha value is -2.44. The molecule has 0 radical (unpaired) electrons. The summed E-state index contributed by atoms with van der Waals surface area (Å²) in [6.45, 7) is 6.25. The second-order valence-corrected chi connectivity index (χ2v) is 12.1. The van der Waals surface area contributed by atoms with Crippen LogP contribution in [-0.4, -0.2) is 37.2 Å². The van der Waals surface area contributed by atoms with E-state index in [2.05, 4.69) is 38.1 Å². The predicted molar refractivity (Wildman–Crippen MR) is 162 cm³/mol. The van der Waals surface area contributed by atoms with Crippen LogP contribution in [0.4, 0.5) is 11.4 Å². The van der Waals surface area contributed by atoms with Crippen LogP contribution in [0.2, 0.25) is 0 Å². The zero-order chi connectivity index (χ0) is 27.3. The van der Waals surface area contributed by atoms with Crippen LogP contribution in [0.5, 0.6) is 11.5 Å². The van der Waals surface area contributed by atoms with E-state index in [0.717, 1.165) is 110 Å². The van der Waals surface area contributed by atoms with Gasteiger partial charge in [0.05, 0.1) is 34.4 Å². The van der Waals surface area contributed by atoms with E-state index in [0.29, 0.717) is 24.0 Å². The Bertz CT molecular complexity index is 1130. The van der Waals surface area contributed by atoms with Crippen LogP contribution in [0.25, 0.3) is 10.8 Å². The molecule has 0 N–H and O–H groups in total. The first-order chi connectivity index (χ1) is 19.7. The molecule has 2 heterocycles. The summed E-state index contributed by atoms with van der Waals surface area (Å²) in [6, 6.07) is 8.35. The summed E-state index contributed by atoms with van der Waals surface area (Å²) in [4.78, 5) is 10.1. The Balaban J connectivity index is 1.11. The largest absolute Gasteiger partial charge is 0.442 e. The highest BCUT2D eigenvalue weighted by molar-refractivity contribution is 6.13. The average Bonchev–Trinajstić information content (AvgIpc) is 3.00. The Morgan fingerprint density at radius 3 is 1.43 bits per heavy atom. The van der Waals surface area contributed by atoms with E-state index in [1.807, 2.05) is 0 Å². The van der Waals surface area contributed by atoms with Gasteiger partial charge in [0, 0.05) is 25.0 Å². The van der Waals surface area contributed by atoms with Gasteiger partial charge in [-0.15, -0.1) is 0 Å². The molecule has 0 spiro atoms. The van der Waals surface area contributed by atoms with E-state index in [9.17, 15) is 0 Å². The van der Waals surface area contributed by atoms with Gasteiger partial charge >= 0.3 is 0 Å². The number of nitrogens with zero attached hydrogens (tertiary/aromatic N) is 2. The molecule has 6 heteroatoms. The summed E-state index contributed by atoms with van der Waals surface area (Å²) in [6.07, 6.45) is 16.7. The van der Waals surface area contributed by atoms with Crippen molar-refractivity contribution in [3.8, 4) is 11.5 Å². The van der Waals surface area contributed by atoms with Gasteiger partial charge in [0.2, 0.25) is 0 Å². The highest BCUT2D eigenvalue weighted by atomic mass is 16.5. The van der Waals surface area contributed by atoms with Gasteiger partial charge in [-0.2, -0.15) is 0 Å². The zero-order valence-electron chi connectivity index (χ0n) is 24.5. The smallest absolute Gasteiger partial charge is 0.198 e. The molecule has 0 aromatic heterocycles. The lowest BCUT2D eigenvalue weighted by atomic mass is 9.86. The minimum Gasteiger partial charge on any atom is -0.442 e. The third-order valence-corrected chi connectivity index (χ3v) is 9.18. The van der Waals surface area contributed by atoms with E-state index in [1.165, 1.54) is 38.5 Å². The molecule has 2 aromatic carbocycles. The summed E-state index contributed by atoms with van der Waals surface area (Å²) in [7, 11) is 0. The van der Waals surface area contributed by atoms with Crippen molar-refractivity contribution in [2.75, 3.05) is 13.2 Å². The van der Waals surface area contributed by atoms with Crippen LogP contribution < -0.4 is 9.47 Å². The maximum Gasteiger partial charge on any atom is 0.198 e. The first-order valence-corrected chi connectivity index (χ1v) is 16.1. The summed E-state index contributed by atoms with van der Waals surface area (Å²) in [5.74, 6) is 4.15. The SMILES string of the molecule is CCCCCOC1CCC(C2=Nc3ccc4c5c(ccc(c35)O2)N=C(C2CCC(OCCCCC)CC2)O4)CC1. The van der Waals surface area contributed by atoms with E-state index < -0.39 is 0 Å². The number of hydrogen-bond donors (Lipinski definition) is 0. The number of rotatable bonds is 12. The maximum absolute atomic E-state index is 6.46. The van der Waals surface area contributed by atoms with E-state index in [-0.39, 0.29) is 0 Å². The third-order valence-electron chi connectivity index (χ3n) is 9.18. The summed E-state index contributed by atoms with van der Waals surface area (Å²) in [5.41, 5.74) is 1.94. The molecule has 2 aliphatic carbocycles. The second-order valence-electron chi connectivity index (χ2n) is 12.1. The van der Waals surface area contributed by atoms with Crippen LogP contribution in [0.15, 0.2) is 34.3 Å². The lowest BCUT2D eigenvalue weighted by Crippen LogP contribution is -2.30. The molecule has 216 valence electrons. The summed E-state index contributed by atoms with van der Waals surface area (Å²) < 4.78 is 25.2. The molecular weight excluding hydrogens is 500 g/mol. The first kappa shape index (κ1) is 27.7. The topological polar surface area (TPSA) is 61.6 Å². The normalized spacial score (nSPS) is 25.6. The van der Waals surface area contributed by atoms with Crippen molar-refractivity contribution >= 4 is 33.9 Å². The molecule has 0 amide bonds. The highest BCUT2D eigenvalue weighted by Gasteiger charge is 2.33. The summed E-state index contributed by atoms with van der Waals surface area (Å²) >= 11 is 0. The predicted octanol–water partition coefficient (Wildman–Crippen LogP) is 9.22. The molecule has 0 bridgehead atoms. The number of benzene rings is 2. The molecule has 4 aliphatic rings. The maximum atomic E-state index is 6.46. The molecule has 2 aromatic rings. The lowest BCUT2D eigenvalue weighted by molar-refractivity contribution is 0.0207. The van der Waals surface area contributed by atoms with Crippen LogP contribution in [0.3, 0.4) is 0 Å². The third kappa shape index (κ3) is 6.08. The molecule has 6 nitrogen and oxygen atoms in total. The van der Waals surface area contributed by atoms with Gasteiger partial charge in [0.15, 0.2) is 11.8 Å². The molecule has 2 saturated carbocycles. The molecule has 0 atom stereocenters. The summed E-state index contributed by atoms with van der Waals surface area (Å²) in [5, 5.41) is 2.05. The van der Waals surface area contributed by atoms with Gasteiger partial charge in [0.25, 0.3) is 0 Å². The Morgan fingerprint density at radius 2 is 1.02 bits per heavy atom. The zero-order valence-corrected chi connectivity index (χ0v) is 24.5. The van der Waals surface area contributed by atoms with Crippen molar-refractivity contribution in [1.82, 2.24) is 0 Å². The fraction of sp³-hybridized carbons (Fsp3) is 0.647. The van der Waals surface area contributed by atoms with Crippen molar-refractivity contribution in [1.29, 1.82) is 0 Å². The van der Waals surface area contributed by atoms with Crippen molar-refractivity contribution in [3.63, 3.8) is 0 Å². The molecule has 0 saturated heterocycles. The molecular formula is C34H46N2O4. The Morgan fingerprint density at radius 1 is 0.600 bits per heavy atom. The fourth-order valence-corrected chi connectivity index (χ4v) is 6.77. The van der Waals surface area contributed by atoms with Gasteiger partial charge in [-0.05, 0) is 88.5 Å². The Kier molecular flexibility index (Phi) is 9.03. The molecule has 6 rings (SSSR count). The van der Waals surface area contributed by atoms with Gasteiger partial charge in [0.1, 0.15) is 11.5 Å². The number of ether oxygens (including phenoxy) is 4. The standard InChI is InChI=1S/C34H46N2O4/c1-3-5-7-21-37-25-13-9-23(10-14-25)33-35-27-17-20-30-32-28(18-19-29(39-33)31(27)32)36-34(40-30)24-11-15-26(16-12-24)38-22-8-6-4-2/h17-20,23-26H,3-16,21-22H2,1-2H3. The molecule has 40 heavy (non-hydrogen) atoms. The molecule has 2 fully saturated rings. The second kappa shape index (κ2) is 13.0. The highest BCUT2D eigenvalue weighted by Crippen LogP contribution is 2.49. The average molecular weight is 547 g/mol. The van der Waals surface area contributed by atoms with Crippen LogP contribution >= 0.6 is 0 Å². The van der Waals surface area contributed by atoms with E-state index in [1.54, 1.807) is 0 Å². The van der Waals surface area contributed by atoms with Crippen LogP contribution in [0, 0.1) is 11.8 Å². The van der Waals surface area contributed by atoms with Gasteiger partial charge in [-0.3, -0.25) is 0 Å². The number of hydrogen-bond acceptors (Lipinski definition) is 6. The fourth-order valence-electron chi connectivity index (χ4n) is 6.77. The van der Waals surface area contributed by atoms with Crippen molar-refractivity contribution in [2.45, 2.75) is 116 Å². The van der Waals surface area contributed by atoms with Gasteiger partial charge in [-0.25, -0.2) is 9.98 Å². The molecule has 2 aliphatic heterocycles. The van der Waals surface area contributed by atoms with Gasteiger partial charge < -0.3 is 18.9 Å². The van der Waals surface area contributed by atoms with Crippen molar-refractivity contribution in [2.24, 2.45) is 21.8 Å². The molecule has 0 unspecified atom stereocenters. The first-order valence-electron chi connectivity index (χ1n) is 16.1. The quantitative estimate of drug-likeness (QED) is 0.249. The van der Waals surface area contributed by atoms with Crippen LogP contribution in [-0.2, 0) is 9.47 Å². The monoisotopic (exact) mass is 546 g/mol. The Labute approximate surface area is 239 Å². The number of aliphatic imine (C=N–C) groups is 2. The minimum atomic E-state index is 0.345. The van der Waals surface area contributed by atoms with Crippen LogP contribution in [0.1, 0.15) is 104 Å². The lowest BCUT2D eigenvalue weighted by Gasteiger charge is -2.32. The number of unbranched alkanes of at least 4 members (excludes halogenated alkanes) is 4. The van der Waals surface area contributed by atoms with Crippen molar-refractivity contribution < 1.29 is 18.9 Å². The van der Waals surface area contributed by atoms with E-state index in [4.69, 9.17) is 28.9 Å². The van der Waals surface area contributed by atoms with E-state index >= 15 is 0 Å². The van der Waals surface area contributed by atoms with Crippen molar-refractivity contribution in [3.05, 3.63) is 24.3 Å².